The number of aromatic nitrogens is 2. The smallest absolute Gasteiger partial charge is 0.399 e. The van der Waals surface area contributed by atoms with Gasteiger partial charge in [-0.1, -0.05) is 25.3 Å². The summed E-state index contributed by atoms with van der Waals surface area (Å²) in [7, 11) is -0.422. The van der Waals surface area contributed by atoms with E-state index >= 15 is 0 Å². The molecule has 0 radical (unpaired) electrons. The maximum atomic E-state index is 9.38. The van der Waals surface area contributed by atoms with E-state index in [1.165, 1.54) is 19.3 Å². The first kappa shape index (κ1) is 17.5. The predicted octanol–water partition coefficient (Wildman–Crippen LogP) is 2.76. The molecule has 1 aromatic heterocycles. The van der Waals surface area contributed by atoms with Crippen molar-refractivity contribution in [2.24, 2.45) is 0 Å². The van der Waals surface area contributed by atoms with Crippen molar-refractivity contribution >= 4 is 23.5 Å². The first-order chi connectivity index (χ1) is 11.2. The van der Waals surface area contributed by atoms with E-state index in [1.54, 1.807) is 10.9 Å². The van der Waals surface area contributed by atoms with Crippen molar-refractivity contribution in [2.75, 3.05) is 0 Å². The van der Waals surface area contributed by atoms with E-state index in [0.717, 1.165) is 21.9 Å². The number of aliphatic hydroxyl groups excluding tert-OH is 1. The van der Waals surface area contributed by atoms with Gasteiger partial charge in [-0.15, -0.1) is 0 Å². The van der Waals surface area contributed by atoms with Gasteiger partial charge in [0.25, 0.3) is 0 Å². The summed E-state index contributed by atoms with van der Waals surface area (Å²) in [6.45, 7) is 10.0. The minimum absolute atomic E-state index is 0.143. The van der Waals surface area contributed by atoms with Gasteiger partial charge in [0, 0.05) is 5.39 Å². The third-order valence-corrected chi connectivity index (χ3v) is 4.93. The van der Waals surface area contributed by atoms with Crippen molar-refractivity contribution in [1.82, 2.24) is 9.78 Å². The molecule has 2 aromatic rings. The second-order valence-electron chi connectivity index (χ2n) is 7.72. The highest BCUT2D eigenvalue weighted by atomic mass is 16.7. The van der Waals surface area contributed by atoms with Crippen molar-refractivity contribution in [1.29, 1.82) is 0 Å². The monoisotopic (exact) mass is 330 g/mol. The molecular formula is C18H27BN2O3. The van der Waals surface area contributed by atoms with Gasteiger partial charge in [0.05, 0.1) is 22.9 Å². The summed E-state index contributed by atoms with van der Waals surface area (Å²) in [4.78, 5) is 0. The minimum Gasteiger partial charge on any atom is -0.399 e. The van der Waals surface area contributed by atoms with Gasteiger partial charge in [-0.3, -0.25) is 0 Å². The normalized spacial score (nSPS) is 20.8. The fourth-order valence-electron chi connectivity index (χ4n) is 2.63. The van der Waals surface area contributed by atoms with E-state index in [0.29, 0.717) is 0 Å². The average Bonchev–Trinajstić information content (AvgIpc) is 3.28. The molecule has 24 heavy (non-hydrogen) atoms. The molecular weight excluding hydrogens is 303 g/mol. The van der Waals surface area contributed by atoms with E-state index in [-0.39, 0.29) is 17.9 Å². The summed E-state index contributed by atoms with van der Waals surface area (Å²) >= 11 is 0. The molecule has 2 heterocycles. The lowest BCUT2D eigenvalue weighted by molar-refractivity contribution is 0.00578. The zero-order valence-corrected chi connectivity index (χ0v) is 15.3. The minimum atomic E-state index is -0.422. The Morgan fingerprint density at radius 3 is 2.21 bits per heavy atom. The van der Waals surface area contributed by atoms with Gasteiger partial charge in [-0.25, -0.2) is 4.68 Å². The molecule has 1 saturated heterocycles. The summed E-state index contributed by atoms with van der Waals surface area (Å²) in [6, 6.07) is 4.07. The lowest BCUT2D eigenvalue weighted by Crippen LogP contribution is -2.41. The predicted molar refractivity (Wildman–Crippen MR) is 96.3 cm³/mol. The maximum absolute atomic E-state index is 9.38. The number of benzene rings is 1. The first-order valence-electron chi connectivity index (χ1n) is 8.68. The third-order valence-electron chi connectivity index (χ3n) is 4.93. The van der Waals surface area contributed by atoms with E-state index in [9.17, 15) is 5.11 Å². The molecule has 1 aliphatic heterocycles. The van der Waals surface area contributed by atoms with Gasteiger partial charge in [0.1, 0.15) is 6.73 Å². The second-order valence-corrected chi connectivity index (χ2v) is 7.72. The highest BCUT2D eigenvalue weighted by molar-refractivity contribution is 6.65. The molecule has 0 spiro atoms. The summed E-state index contributed by atoms with van der Waals surface area (Å²) in [5.41, 5.74) is 2.19. The topological polar surface area (TPSA) is 56.5 Å². The van der Waals surface area contributed by atoms with Crippen molar-refractivity contribution < 1.29 is 14.4 Å². The number of fused-ring (bicyclic) bond motifs is 1. The molecule has 0 bridgehead atoms. The Hall–Kier alpha value is -1.37. The summed E-state index contributed by atoms with van der Waals surface area (Å²) in [6.07, 6.45) is 6.26. The van der Waals surface area contributed by atoms with Crippen LogP contribution in [0.4, 0.5) is 0 Å². The second kappa shape index (κ2) is 6.17. The lowest BCUT2D eigenvalue weighted by atomic mass is 9.76. The number of hydrogen-bond donors (Lipinski definition) is 1. The fraction of sp³-hybridized carbons (Fsp3) is 0.611. The van der Waals surface area contributed by atoms with E-state index < -0.39 is 7.12 Å². The van der Waals surface area contributed by atoms with Crippen LogP contribution in [0.1, 0.15) is 52.5 Å². The zero-order valence-electron chi connectivity index (χ0n) is 15.3. The van der Waals surface area contributed by atoms with E-state index in [2.05, 4.69) is 11.2 Å². The van der Waals surface area contributed by atoms with E-state index in [4.69, 9.17) is 9.31 Å². The highest BCUT2D eigenvalue weighted by Gasteiger charge is 2.52. The number of nitrogens with zero attached hydrogens (tertiary/aromatic N) is 2. The fourth-order valence-corrected chi connectivity index (χ4v) is 2.63. The molecule has 1 aromatic carbocycles. The first-order valence-corrected chi connectivity index (χ1v) is 8.68. The van der Waals surface area contributed by atoms with Gasteiger partial charge in [0.2, 0.25) is 0 Å². The molecule has 0 amide bonds. The Labute approximate surface area is 144 Å². The molecule has 2 aliphatic rings. The molecule has 2 fully saturated rings. The Kier molecular flexibility index (Phi) is 4.49. The zero-order chi connectivity index (χ0) is 17.5. The van der Waals surface area contributed by atoms with Crippen LogP contribution in [-0.4, -0.2) is 33.2 Å². The molecule has 0 atom stereocenters. The molecule has 1 N–H and O–H groups in total. The quantitative estimate of drug-likeness (QED) is 0.861. The van der Waals surface area contributed by atoms with Crippen LogP contribution in [0.25, 0.3) is 10.9 Å². The summed E-state index contributed by atoms with van der Waals surface area (Å²) in [5, 5.41) is 14.5. The molecule has 130 valence electrons. The molecule has 6 heteroatoms. The van der Waals surface area contributed by atoms with Crippen LogP contribution < -0.4 is 5.46 Å². The van der Waals surface area contributed by atoms with Gasteiger partial charge >= 0.3 is 7.12 Å². The van der Waals surface area contributed by atoms with Gasteiger partial charge in [-0.2, -0.15) is 5.10 Å². The number of rotatable bonds is 2. The standard InChI is InChI=1S/C15H21BN2O3.C3H6/c1-10-6-12(11-8-17-18(9-19)13(11)7-10)16-20-14(2,3)15(4,5)21-16;1-2-3-1/h6-8,19H,9H2,1-5H3;1-3H2. The Morgan fingerprint density at radius 2 is 1.71 bits per heavy atom. The van der Waals surface area contributed by atoms with E-state index in [1.807, 2.05) is 40.7 Å². The lowest BCUT2D eigenvalue weighted by Gasteiger charge is -2.32. The van der Waals surface area contributed by atoms with Crippen molar-refractivity contribution in [3.05, 3.63) is 23.9 Å². The molecule has 1 saturated carbocycles. The maximum Gasteiger partial charge on any atom is 0.495 e. The molecule has 5 nitrogen and oxygen atoms in total. The largest absolute Gasteiger partial charge is 0.495 e. The number of aryl methyl sites for hydroxylation is 1. The van der Waals surface area contributed by atoms with Crippen molar-refractivity contribution in [3.63, 3.8) is 0 Å². The van der Waals surface area contributed by atoms with Gasteiger partial charge in [-0.05, 0) is 51.7 Å². The van der Waals surface area contributed by atoms with Crippen LogP contribution in [-0.2, 0) is 16.0 Å². The van der Waals surface area contributed by atoms with Crippen LogP contribution in [0.5, 0.6) is 0 Å². The van der Waals surface area contributed by atoms with Crippen LogP contribution >= 0.6 is 0 Å². The van der Waals surface area contributed by atoms with Crippen molar-refractivity contribution in [2.45, 2.75) is 71.8 Å². The highest BCUT2D eigenvalue weighted by Crippen LogP contribution is 2.37. The Balaban J connectivity index is 0.000000508. The summed E-state index contributed by atoms with van der Waals surface area (Å²) in [5.74, 6) is 0. The van der Waals surface area contributed by atoms with Crippen LogP contribution in [0.15, 0.2) is 18.3 Å². The molecule has 4 rings (SSSR count). The molecule has 0 unspecified atom stereocenters. The number of aliphatic hydroxyl groups is 1. The Bertz CT molecular complexity index is 718. The third kappa shape index (κ3) is 3.23. The van der Waals surface area contributed by atoms with Crippen LogP contribution in [0.2, 0.25) is 0 Å². The van der Waals surface area contributed by atoms with Gasteiger partial charge in [0.15, 0.2) is 0 Å². The number of hydrogen-bond acceptors (Lipinski definition) is 4. The van der Waals surface area contributed by atoms with Gasteiger partial charge < -0.3 is 14.4 Å². The summed E-state index contributed by atoms with van der Waals surface area (Å²) < 4.78 is 13.8. The SMILES string of the molecule is C1CC1.Cc1cc(B2OC(C)(C)C(C)(C)O2)c2cnn(CO)c2c1. The molecule has 1 aliphatic carbocycles. The Morgan fingerprint density at radius 1 is 1.12 bits per heavy atom. The van der Waals surface area contributed by atoms with Crippen LogP contribution in [0.3, 0.4) is 0 Å². The van der Waals surface area contributed by atoms with Crippen molar-refractivity contribution in [3.8, 4) is 0 Å². The average molecular weight is 330 g/mol. The van der Waals surface area contributed by atoms with Crippen LogP contribution in [0, 0.1) is 6.92 Å².